The van der Waals surface area contributed by atoms with Crippen LogP contribution in [0.1, 0.15) is 17.8 Å². The molecule has 7 nitrogen and oxygen atoms in total. The Kier molecular flexibility index (Phi) is 6.97. The number of nitrogens with one attached hydrogen (secondary N) is 2. The van der Waals surface area contributed by atoms with Crippen LogP contribution in [0.3, 0.4) is 0 Å². The average Bonchev–Trinajstić information content (AvgIpc) is 3.27. The van der Waals surface area contributed by atoms with Crippen LogP contribution in [-0.4, -0.2) is 40.7 Å². The van der Waals surface area contributed by atoms with Gasteiger partial charge < -0.3 is 15.4 Å². The van der Waals surface area contributed by atoms with Gasteiger partial charge in [0.1, 0.15) is 17.4 Å². The molecule has 32 heavy (non-hydrogen) atoms. The third-order valence-corrected chi connectivity index (χ3v) is 5.17. The molecule has 2 aromatic carbocycles. The summed E-state index contributed by atoms with van der Waals surface area (Å²) in [6, 6.07) is 18.5. The van der Waals surface area contributed by atoms with Gasteiger partial charge in [0.2, 0.25) is 0 Å². The second-order valence-electron chi connectivity index (χ2n) is 7.43. The molecule has 0 aliphatic carbocycles. The number of nitrogens with zero attached hydrogens (tertiary/aromatic N) is 4. The molecule has 0 fully saturated rings. The van der Waals surface area contributed by atoms with Crippen LogP contribution < -0.4 is 15.4 Å². The van der Waals surface area contributed by atoms with Crippen LogP contribution in [0.5, 0.6) is 5.75 Å². The van der Waals surface area contributed by atoms with Crippen molar-refractivity contribution in [1.82, 2.24) is 25.2 Å². The quantitative estimate of drug-likeness (QED) is 0.253. The summed E-state index contributed by atoms with van der Waals surface area (Å²) in [6.45, 7) is 4.01. The van der Waals surface area contributed by atoms with Gasteiger partial charge in [-0.2, -0.15) is 0 Å². The third kappa shape index (κ3) is 5.43. The van der Waals surface area contributed by atoms with Crippen molar-refractivity contribution in [3.05, 3.63) is 84.6 Å². The SMILES string of the molecule is CN=C(NCCCOc1ccc2ccccc2c1)NCc1ccc(-n2ccnc2C)nc1. The summed E-state index contributed by atoms with van der Waals surface area (Å²) in [7, 11) is 1.77. The number of aromatic nitrogens is 3. The van der Waals surface area contributed by atoms with E-state index in [1.165, 1.54) is 10.8 Å². The van der Waals surface area contributed by atoms with Crippen molar-refractivity contribution in [2.75, 3.05) is 20.2 Å². The van der Waals surface area contributed by atoms with Crippen LogP contribution in [0.4, 0.5) is 0 Å². The predicted octanol–water partition coefficient (Wildman–Crippen LogP) is 3.86. The predicted molar refractivity (Wildman–Crippen MR) is 128 cm³/mol. The zero-order chi connectivity index (χ0) is 22.2. The maximum Gasteiger partial charge on any atom is 0.191 e. The largest absolute Gasteiger partial charge is 0.494 e. The van der Waals surface area contributed by atoms with E-state index in [2.05, 4.69) is 55.9 Å². The normalized spacial score (nSPS) is 11.5. The first-order valence-corrected chi connectivity index (χ1v) is 10.7. The van der Waals surface area contributed by atoms with Crippen molar-refractivity contribution >= 4 is 16.7 Å². The van der Waals surface area contributed by atoms with Gasteiger partial charge in [0.15, 0.2) is 5.96 Å². The number of imidazole rings is 1. The number of pyridine rings is 1. The summed E-state index contributed by atoms with van der Waals surface area (Å²) in [6.07, 6.45) is 6.42. The maximum atomic E-state index is 5.89. The minimum Gasteiger partial charge on any atom is -0.494 e. The van der Waals surface area contributed by atoms with E-state index in [-0.39, 0.29) is 0 Å². The molecule has 0 unspecified atom stereocenters. The average molecular weight is 429 g/mol. The number of fused-ring (bicyclic) bond motifs is 1. The minimum absolute atomic E-state index is 0.640. The van der Waals surface area contributed by atoms with Crippen LogP contribution in [0.25, 0.3) is 16.6 Å². The molecule has 7 heteroatoms. The zero-order valence-corrected chi connectivity index (χ0v) is 18.5. The number of hydrogen-bond acceptors (Lipinski definition) is 4. The number of aryl methyl sites for hydroxylation is 1. The van der Waals surface area contributed by atoms with Gasteiger partial charge in [-0.15, -0.1) is 0 Å². The molecule has 0 amide bonds. The van der Waals surface area contributed by atoms with Gasteiger partial charge in [0, 0.05) is 38.7 Å². The molecule has 0 spiro atoms. The topological polar surface area (TPSA) is 76.4 Å². The zero-order valence-electron chi connectivity index (χ0n) is 18.5. The molecule has 4 rings (SSSR count). The Labute approximate surface area is 188 Å². The van der Waals surface area contributed by atoms with Gasteiger partial charge in [-0.05, 0) is 47.9 Å². The highest BCUT2D eigenvalue weighted by molar-refractivity contribution is 5.83. The molecule has 0 saturated carbocycles. The van der Waals surface area contributed by atoms with Gasteiger partial charge in [0.05, 0.1) is 6.61 Å². The van der Waals surface area contributed by atoms with E-state index in [0.717, 1.165) is 41.9 Å². The Bertz CT molecular complexity index is 1180. The van der Waals surface area contributed by atoms with Gasteiger partial charge in [0.25, 0.3) is 0 Å². The highest BCUT2D eigenvalue weighted by atomic mass is 16.5. The van der Waals surface area contributed by atoms with E-state index in [4.69, 9.17) is 4.74 Å². The number of benzene rings is 2. The summed E-state index contributed by atoms with van der Waals surface area (Å²) < 4.78 is 7.85. The molecular weight excluding hydrogens is 400 g/mol. The lowest BCUT2D eigenvalue weighted by atomic mass is 10.1. The Morgan fingerprint density at radius 3 is 2.66 bits per heavy atom. The number of guanidine groups is 1. The van der Waals surface area contributed by atoms with Crippen LogP contribution >= 0.6 is 0 Å². The lowest BCUT2D eigenvalue weighted by Crippen LogP contribution is -2.37. The maximum absolute atomic E-state index is 5.89. The first-order valence-electron chi connectivity index (χ1n) is 10.7. The summed E-state index contributed by atoms with van der Waals surface area (Å²) in [5, 5.41) is 9.05. The molecule has 2 heterocycles. The van der Waals surface area contributed by atoms with E-state index in [9.17, 15) is 0 Å². The summed E-state index contributed by atoms with van der Waals surface area (Å²) >= 11 is 0. The fraction of sp³-hybridized carbons (Fsp3) is 0.240. The molecule has 0 saturated heterocycles. The van der Waals surface area contributed by atoms with Crippen molar-refractivity contribution in [3.8, 4) is 11.6 Å². The second kappa shape index (κ2) is 10.4. The van der Waals surface area contributed by atoms with Crippen molar-refractivity contribution in [2.24, 2.45) is 4.99 Å². The lowest BCUT2D eigenvalue weighted by molar-refractivity contribution is 0.311. The van der Waals surface area contributed by atoms with Gasteiger partial charge >= 0.3 is 0 Å². The summed E-state index contributed by atoms with van der Waals surface area (Å²) in [5.74, 6) is 3.42. The van der Waals surface area contributed by atoms with Crippen molar-refractivity contribution < 1.29 is 4.74 Å². The second-order valence-corrected chi connectivity index (χ2v) is 7.43. The third-order valence-electron chi connectivity index (χ3n) is 5.17. The highest BCUT2D eigenvalue weighted by Crippen LogP contribution is 2.20. The molecule has 164 valence electrons. The van der Waals surface area contributed by atoms with Crippen LogP contribution in [0.15, 0.2) is 78.2 Å². The number of hydrogen-bond donors (Lipinski definition) is 2. The minimum atomic E-state index is 0.640. The highest BCUT2D eigenvalue weighted by Gasteiger charge is 2.03. The monoisotopic (exact) mass is 428 g/mol. The van der Waals surface area contributed by atoms with Crippen molar-refractivity contribution in [3.63, 3.8) is 0 Å². The smallest absolute Gasteiger partial charge is 0.191 e. The molecule has 0 aliphatic rings. The van der Waals surface area contributed by atoms with Gasteiger partial charge in [-0.25, -0.2) is 9.97 Å². The Balaban J connectivity index is 1.18. The fourth-order valence-corrected chi connectivity index (χ4v) is 3.42. The van der Waals surface area contributed by atoms with Gasteiger partial charge in [-0.1, -0.05) is 36.4 Å². The van der Waals surface area contributed by atoms with E-state index in [0.29, 0.717) is 13.2 Å². The summed E-state index contributed by atoms with van der Waals surface area (Å²) in [4.78, 5) is 13.0. The fourth-order valence-electron chi connectivity index (χ4n) is 3.42. The molecule has 0 aliphatic heterocycles. The molecular formula is C25H28N6O. The summed E-state index contributed by atoms with van der Waals surface area (Å²) in [5.41, 5.74) is 1.08. The number of rotatable bonds is 8. The molecule has 2 aromatic heterocycles. The van der Waals surface area contributed by atoms with E-state index >= 15 is 0 Å². The molecule has 0 atom stereocenters. The van der Waals surface area contributed by atoms with E-state index in [1.807, 2.05) is 48.1 Å². The van der Waals surface area contributed by atoms with Gasteiger partial charge in [-0.3, -0.25) is 9.56 Å². The molecule has 0 radical (unpaired) electrons. The standard InChI is InChI=1S/C25H28N6O/c1-19-27-13-14-31(19)24-11-8-20(17-29-24)18-30-25(26-2)28-12-5-15-32-23-10-9-21-6-3-4-7-22(21)16-23/h3-4,6-11,13-14,16-17H,5,12,15,18H2,1-2H3,(H2,26,28,30). The number of ether oxygens (including phenoxy) is 1. The van der Waals surface area contributed by atoms with Crippen LogP contribution in [0, 0.1) is 6.92 Å². The van der Waals surface area contributed by atoms with Crippen molar-refractivity contribution in [1.29, 1.82) is 0 Å². The first kappa shape index (κ1) is 21.4. The Morgan fingerprint density at radius 2 is 1.91 bits per heavy atom. The van der Waals surface area contributed by atoms with E-state index in [1.54, 1.807) is 13.2 Å². The molecule has 2 N–H and O–H groups in total. The van der Waals surface area contributed by atoms with Crippen LogP contribution in [-0.2, 0) is 6.54 Å². The molecule has 4 aromatic rings. The first-order chi connectivity index (χ1) is 15.7. The molecule has 0 bridgehead atoms. The van der Waals surface area contributed by atoms with E-state index < -0.39 is 0 Å². The Hall–Kier alpha value is -3.87. The number of aliphatic imine (C=N–C) groups is 1. The van der Waals surface area contributed by atoms with Crippen molar-refractivity contribution in [2.45, 2.75) is 19.9 Å². The Morgan fingerprint density at radius 1 is 1.03 bits per heavy atom. The lowest BCUT2D eigenvalue weighted by Gasteiger charge is -2.13. The van der Waals surface area contributed by atoms with Crippen LogP contribution in [0.2, 0.25) is 0 Å².